The Bertz CT molecular complexity index is 1200. The van der Waals surface area contributed by atoms with E-state index in [2.05, 4.69) is 39.8 Å². The summed E-state index contributed by atoms with van der Waals surface area (Å²) in [5.41, 5.74) is 1.49. The van der Waals surface area contributed by atoms with E-state index in [0.717, 1.165) is 27.0 Å². The minimum atomic E-state index is -0.279. The number of rotatable bonds is 6. The first kappa shape index (κ1) is 23.6. The van der Waals surface area contributed by atoms with Crippen molar-refractivity contribution in [1.29, 1.82) is 0 Å². The predicted octanol–water partition coefficient (Wildman–Crippen LogP) is 5.72. The molecule has 1 saturated carbocycles. The Labute approximate surface area is 221 Å². The summed E-state index contributed by atoms with van der Waals surface area (Å²) in [6, 6.07) is 8.85. The first-order chi connectivity index (χ1) is 16.4. The van der Waals surface area contributed by atoms with Crippen LogP contribution in [0.25, 0.3) is 0 Å². The third kappa shape index (κ3) is 4.22. The second-order valence-electron chi connectivity index (χ2n) is 8.63. The number of imide groups is 1. The largest absolute Gasteiger partial charge is 0.493 e. The average molecular weight is 611 g/mol. The van der Waals surface area contributed by atoms with Gasteiger partial charge in [0.05, 0.1) is 28.7 Å². The lowest BCUT2D eigenvalue weighted by Gasteiger charge is -2.37. The molecule has 1 saturated heterocycles. The van der Waals surface area contributed by atoms with Gasteiger partial charge in [-0.15, -0.1) is 0 Å². The van der Waals surface area contributed by atoms with Gasteiger partial charge in [0.1, 0.15) is 6.61 Å². The fourth-order valence-corrected chi connectivity index (χ4v) is 6.28. The zero-order chi connectivity index (χ0) is 24.0. The SMILES string of the molecule is COc1cc(/C=N\N2C(=O)[C@H]3[C@H](C2=O)[C@H]2C=C[C@H]3CC2)cc(I)c1OCc1ccc(Cl)cc1Cl. The Morgan fingerprint density at radius 1 is 1.09 bits per heavy atom. The second-order valence-corrected chi connectivity index (χ2v) is 10.6. The summed E-state index contributed by atoms with van der Waals surface area (Å²) in [5, 5.41) is 6.42. The van der Waals surface area contributed by atoms with Crippen molar-refractivity contribution < 1.29 is 19.1 Å². The van der Waals surface area contributed by atoms with E-state index in [9.17, 15) is 9.59 Å². The molecule has 34 heavy (non-hydrogen) atoms. The third-order valence-corrected chi connectivity index (χ3v) is 8.09. The highest BCUT2D eigenvalue weighted by Crippen LogP contribution is 2.49. The van der Waals surface area contributed by atoms with Gasteiger partial charge in [-0.25, -0.2) is 0 Å². The molecule has 2 aromatic rings. The van der Waals surface area contributed by atoms with E-state index in [1.165, 1.54) is 6.21 Å². The van der Waals surface area contributed by atoms with Crippen LogP contribution in [-0.2, 0) is 16.2 Å². The van der Waals surface area contributed by atoms with E-state index >= 15 is 0 Å². The number of hydrogen-bond donors (Lipinski definition) is 0. The summed E-state index contributed by atoms with van der Waals surface area (Å²) in [6.45, 7) is 0.242. The van der Waals surface area contributed by atoms with E-state index in [-0.39, 0.29) is 42.1 Å². The number of fused-ring (bicyclic) bond motifs is 1. The van der Waals surface area contributed by atoms with Crippen LogP contribution in [0, 0.1) is 27.2 Å². The highest BCUT2D eigenvalue weighted by molar-refractivity contribution is 14.1. The van der Waals surface area contributed by atoms with Gasteiger partial charge >= 0.3 is 0 Å². The van der Waals surface area contributed by atoms with Gasteiger partial charge in [-0.05, 0) is 77.1 Å². The predicted molar refractivity (Wildman–Crippen MR) is 138 cm³/mol. The lowest BCUT2D eigenvalue weighted by atomic mass is 9.63. The maximum atomic E-state index is 13.0. The highest BCUT2D eigenvalue weighted by atomic mass is 127. The number of nitrogens with zero attached hydrogens (tertiary/aromatic N) is 2. The van der Waals surface area contributed by atoms with Crippen molar-refractivity contribution in [2.45, 2.75) is 19.4 Å². The van der Waals surface area contributed by atoms with Gasteiger partial charge in [-0.1, -0.05) is 41.4 Å². The molecule has 0 radical (unpaired) electrons. The Morgan fingerprint density at radius 2 is 1.76 bits per heavy atom. The molecule has 2 fully saturated rings. The van der Waals surface area contributed by atoms with Crippen LogP contribution >= 0.6 is 45.8 Å². The summed E-state index contributed by atoms with van der Waals surface area (Å²) in [5.74, 6) is 0.383. The molecule has 0 aromatic heterocycles. The van der Waals surface area contributed by atoms with Crippen LogP contribution in [0.1, 0.15) is 24.0 Å². The first-order valence-electron chi connectivity index (χ1n) is 10.9. The van der Waals surface area contributed by atoms with Crippen molar-refractivity contribution in [3.63, 3.8) is 0 Å². The fourth-order valence-electron chi connectivity index (χ4n) is 5.04. The highest BCUT2D eigenvalue weighted by Gasteiger charge is 2.56. The summed E-state index contributed by atoms with van der Waals surface area (Å²) in [7, 11) is 1.55. The molecule has 0 unspecified atom stereocenters. The molecule has 1 aliphatic heterocycles. The van der Waals surface area contributed by atoms with Gasteiger partial charge in [0.2, 0.25) is 0 Å². The molecule has 2 amide bonds. The number of methoxy groups -OCH3 is 1. The minimum absolute atomic E-state index is 0.137. The molecule has 2 aromatic carbocycles. The second kappa shape index (κ2) is 9.51. The van der Waals surface area contributed by atoms with E-state index in [1.807, 2.05) is 12.1 Å². The molecular weight excluding hydrogens is 590 g/mol. The fraction of sp³-hybridized carbons (Fsp3) is 0.320. The van der Waals surface area contributed by atoms with E-state index < -0.39 is 0 Å². The van der Waals surface area contributed by atoms with Crippen LogP contribution in [0.4, 0.5) is 0 Å². The Morgan fingerprint density at radius 3 is 2.35 bits per heavy atom. The summed E-state index contributed by atoms with van der Waals surface area (Å²) >= 11 is 14.4. The van der Waals surface area contributed by atoms with E-state index in [0.29, 0.717) is 27.1 Å². The molecule has 176 valence electrons. The molecule has 9 heteroatoms. The van der Waals surface area contributed by atoms with Crippen molar-refractivity contribution in [1.82, 2.24) is 5.01 Å². The molecule has 2 bridgehead atoms. The molecular formula is C25H21Cl2IN2O4. The first-order valence-corrected chi connectivity index (χ1v) is 12.7. The summed E-state index contributed by atoms with van der Waals surface area (Å²) < 4.78 is 12.3. The van der Waals surface area contributed by atoms with Gasteiger partial charge in [-0.3, -0.25) is 9.59 Å². The van der Waals surface area contributed by atoms with Crippen LogP contribution in [-0.4, -0.2) is 30.1 Å². The summed E-state index contributed by atoms with van der Waals surface area (Å²) in [6.07, 6.45) is 7.62. The monoisotopic (exact) mass is 610 g/mol. The minimum Gasteiger partial charge on any atom is -0.493 e. The number of hydrogen-bond acceptors (Lipinski definition) is 5. The number of allylic oxidation sites excluding steroid dienone is 2. The maximum Gasteiger partial charge on any atom is 0.254 e. The Balaban J connectivity index is 1.34. The van der Waals surface area contributed by atoms with E-state index in [1.54, 1.807) is 25.3 Å². The van der Waals surface area contributed by atoms with Crippen molar-refractivity contribution in [2.75, 3.05) is 7.11 Å². The van der Waals surface area contributed by atoms with Crippen molar-refractivity contribution in [3.8, 4) is 11.5 Å². The van der Waals surface area contributed by atoms with Crippen molar-refractivity contribution in [2.24, 2.45) is 28.8 Å². The van der Waals surface area contributed by atoms with E-state index in [4.69, 9.17) is 32.7 Å². The smallest absolute Gasteiger partial charge is 0.254 e. The van der Waals surface area contributed by atoms with Crippen LogP contribution < -0.4 is 9.47 Å². The number of amides is 2. The quantitative estimate of drug-likeness (QED) is 0.182. The van der Waals surface area contributed by atoms with Gasteiger partial charge in [0.15, 0.2) is 11.5 Å². The Hall–Kier alpha value is -2.10. The maximum absolute atomic E-state index is 13.0. The van der Waals surface area contributed by atoms with Crippen LogP contribution in [0.2, 0.25) is 10.0 Å². The zero-order valence-corrected chi connectivity index (χ0v) is 21.9. The van der Waals surface area contributed by atoms with Gasteiger partial charge < -0.3 is 9.47 Å². The number of halogens is 3. The zero-order valence-electron chi connectivity index (χ0n) is 18.2. The number of carbonyl (C=O) groups excluding carboxylic acids is 2. The van der Waals surface area contributed by atoms with Crippen LogP contribution in [0.15, 0.2) is 47.6 Å². The molecule has 1 heterocycles. The molecule has 0 N–H and O–H groups in total. The molecule has 6 rings (SSSR count). The van der Waals surface area contributed by atoms with Crippen molar-refractivity contribution in [3.05, 3.63) is 67.2 Å². The van der Waals surface area contributed by atoms with Gasteiger partial charge in [0.25, 0.3) is 11.8 Å². The van der Waals surface area contributed by atoms with Crippen molar-refractivity contribution >= 4 is 63.8 Å². The van der Waals surface area contributed by atoms with Gasteiger partial charge in [0, 0.05) is 15.6 Å². The average Bonchev–Trinajstić information content (AvgIpc) is 3.10. The number of benzene rings is 2. The topological polar surface area (TPSA) is 68.2 Å². The lowest BCUT2D eigenvalue weighted by molar-refractivity contribution is -0.140. The molecule has 4 atom stereocenters. The molecule has 3 aliphatic carbocycles. The lowest BCUT2D eigenvalue weighted by Crippen LogP contribution is -2.38. The third-order valence-electron chi connectivity index (χ3n) is 6.70. The normalized spacial score (nSPS) is 25.4. The van der Waals surface area contributed by atoms with Crippen LogP contribution in [0.5, 0.6) is 11.5 Å². The standard InChI is InChI=1S/C25H21Cl2IN2O4/c1-33-20-9-13(8-19(28)23(20)34-12-16-6-7-17(26)10-18(16)27)11-29-30-24(31)21-14-2-3-15(5-4-14)22(21)25(30)32/h2-3,6-11,14-15,21-22H,4-5,12H2,1H3/b29-11-/t14-,15-,21+,22+/m0/s1. The molecule has 6 nitrogen and oxygen atoms in total. The number of carbonyl (C=O) groups is 2. The summed E-state index contributed by atoms with van der Waals surface area (Å²) in [4.78, 5) is 25.9. The molecule has 4 aliphatic rings. The van der Waals surface area contributed by atoms with Gasteiger partial charge in [-0.2, -0.15) is 10.1 Å². The van der Waals surface area contributed by atoms with Crippen LogP contribution in [0.3, 0.4) is 0 Å². The number of hydrazone groups is 1. The Kier molecular flexibility index (Phi) is 6.61. The number of ether oxygens (including phenoxy) is 2. The molecule has 0 spiro atoms.